The summed E-state index contributed by atoms with van der Waals surface area (Å²) in [4.78, 5) is 58.1. The van der Waals surface area contributed by atoms with Crippen LogP contribution in [0.1, 0.15) is 90.4 Å². The number of fused-ring (bicyclic) bond motifs is 1. The van der Waals surface area contributed by atoms with Crippen LogP contribution in [0.25, 0.3) is 16.5 Å². The van der Waals surface area contributed by atoms with Crippen molar-refractivity contribution in [3.8, 4) is 0 Å². The monoisotopic (exact) mass is 781 g/mol. The molecule has 300 valence electrons. The first-order chi connectivity index (χ1) is 27.5. The fourth-order valence-electron chi connectivity index (χ4n) is 9.05. The molecule has 3 fully saturated rings. The quantitative estimate of drug-likeness (QED) is 0.215. The number of furan rings is 1. The van der Waals surface area contributed by atoms with Gasteiger partial charge in [-0.05, 0) is 92.4 Å². The standard InChI is InChI=1S/C43H49F2N7O5/c1-48(2)43(56)37-25-34-40(45)33(29-5-3-16-51(26-29)39(54)14-22-52-17-4-15-46-52)24-36(41(34)57-37)50-20-12-30(13-21-50)49-18-10-27(11-19-49)31-7-6-28(23-35(31)44)32-8-9-38(53)47-42(32)55/h4-7,15,17,23-25,27,30,32H,3,8-14,16,18-22,26H2,1-2H3,(H,47,53,55). The molecule has 1 N–H and O–H groups in total. The third kappa shape index (κ3) is 7.96. The Hall–Kier alpha value is -5.37. The lowest BCUT2D eigenvalue weighted by Gasteiger charge is -2.42. The predicted octanol–water partition coefficient (Wildman–Crippen LogP) is 5.68. The number of hydrogen-bond acceptors (Lipinski definition) is 8. The number of imide groups is 1. The van der Waals surface area contributed by atoms with Crippen molar-refractivity contribution < 1.29 is 32.4 Å². The molecule has 1 unspecified atom stereocenters. The summed E-state index contributed by atoms with van der Waals surface area (Å²) in [5.74, 6) is -2.14. The van der Waals surface area contributed by atoms with E-state index in [1.807, 2.05) is 36.5 Å². The number of amides is 4. The number of benzene rings is 2. The Kier molecular flexibility index (Phi) is 11.0. The molecule has 2 aromatic heterocycles. The van der Waals surface area contributed by atoms with Crippen LogP contribution in [-0.2, 0) is 20.9 Å². The van der Waals surface area contributed by atoms with Gasteiger partial charge in [0.1, 0.15) is 11.6 Å². The minimum Gasteiger partial charge on any atom is -0.449 e. The number of hydrogen-bond donors (Lipinski definition) is 1. The molecule has 4 aliphatic rings. The van der Waals surface area contributed by atoms with Crippen LogP contribution in [0.5, 0.6) is 0 Å². The van der Waals surface area contributed by atoms with Crippen molar-refractivity contribution in [2.75, 3.05) is 58.3 Å². The number of aromatic nitrogens is 2. The summed E-state index contributed by atoms with van der Waals surface area (Å²) in [5, 5.41) is 6.80. The van der Waals surface area contributed by atoms with Crippen LogP contribution in [0.4, 0.5) is 14.5 Å². The fourth-order valence-corrected chi connectivity index (χ4v) is 9.05. The van der Waals surface area contributed by atoms with Gasteiger partial charge < -0.3 is 24.0 Å². The van der Waals surface area contributed by atoms with Gasteiger partial charge in [0.15, 0.2) is 11.3 Å². The molecule has 8 rings (SSSR count). The molecule has 0 bridgehead atoms. The first-order valence-electron chi connectivity index (χ1n) is 20.1. The molecule has 4 amide bonds. The molecular formula is C43H49F2N7O5. The van der Waals surface area contributed by atoms with Crippen LogP contribution in [-0.4, -0.2) is 108 Å². The molecule has 4 aromatic rings. The van der Waals surface area contributed by atoms with Crippen LogP contribution < -0.4 is 10.2 Å². The second-order valence-electron chi connectivity index (χ2n) is 16.0. The maximum atomic E-state index is 16.5. The zero-order chi connectivity index (χ0) is 39.8. The van der Waals surface area contributed by atoms with Gasteiger partial charge in [-0.3, -0.25) is 29.2 Å². The number of nitrogens with one attached hydrogen (secondary N) is 1. The summed E-state index contributed by atoms with van der Waals surface area (Å²) in [5.41, 5.74) is 3.50. The van der Waals surface area contributed by atoms with Crippen molar-refractivity contribution in [2.45, 2.75) is 75.8 Å². The highest BCUT2D eigenvalue weighted by Crippen LogP contribution is 2.40. The van der Waals surface area contributed by atoms with E-state index in [4.69, 9.17) is 4.42 Å². The van der Waals surface area contributed by atoms with Crippen molar-refractivity contribution in [1.29, 1.82) is 0 Å². The van der Waals surface area contributed by atoms with E-state index < -0.39 is 11.7 Å². The highest BCUT2D eigenvalue weighted by molar-refractivity contribution is 6.02. The molecule has 6 heterocycles. The molecule has 0 aliphatic carbocycles. The molecule has 0 radical (unpaired) electrons. The van der Waals surface area contributed by atoms with E-state index in [0.29, 0.717) is 73.8 Å². The maximum Gasteiger partial charge on any atom is 0.289 e. The zero-order valence-electron chi connectivity index (χ0n) is 32.5. The number of nitrogens with zero attached hydrogens (tertiary/aromatic N) is 6. The molecule has 0 spiro atoms. The van der Waals surface area contributed by atoms with Gasteiger partial charge in [-0.15, -0.1) is 0 Å². The van der Waals surface area contributed by atoms with Gasteiger partial charge in [0.25, 0.3) is 5.91 Å². The van der Waals surface area contributed by atoms with E-state index in [1.165, 1.54) is 17.0 Å². The second kappa shape index (κ2) is 16.2. The lowest BCUT2D eigenvalue weighted by molar-refractivity contribution is -0.134. The van der Waals surface area contributed by atoms with E-state index in [-0.39, 0.29) is 59.5 Å². The topological polar surface area (TPSA) is 124 Å². The van der Waals surface area contributed by atoms with E-state index >= 15 is 8.78 Å². The Balaban J connectivity index is 0.947. The highest BCUT2D eigenvalue weighted by Gasteiger charge is 2.34. The molecule has 12 nitrogen and oxygen atoms in total. The Bertz CT molecular complexity index is 2200. The number of rotatable bonds is 9. The van der Waals surface area contributed by atoms with Crippen LogP contribution >= 0.6 is 0 Å². The molecule has 14 heteroatoms. The minimum atomic E-state index is -0.513. The first kappa shape index (κ1) is 38.5. The van der Waals surface area contributed by atoms with E-state index in [2.05, 4.69) is 20.2 Å². The van der Waals surface area contributed by atoms with Crippen LogP contribution in [0, 0.1) is 11.6 Å². The molecule has 4 aliphatic heterocycles. The molecule has 2 aromatic carbocycles. The Morgan fingerprint density at radius 2 is 1.77 bits per heavy atom. The zero-order valence-corrected chi connectivity index (χ0v) is 32.5. The predicted molar refractivity (Wildman–Crippen MR) is 211 cm³/mol. The van der Waals surface area contributed by atoms with Crippen molar-refractivity contribution in [3.63, 3.8) is 0 Å². The van der Waals surface area contributed by atoms with Crippen molar-refractivity contribution in [1.82, 2.24) is 29.8 Å². The molecule has 1 atom stereocenters. The lowest BCUT2D eigenvalue weighted by Crippen LogP contribution is -2.47. The molecular weight excluding hydrogens is 733 g/mol. The number of aryl methyl sites for hydroxylation is 1. The SMILES string of the molecule is CN(C)C(=O)c1cc2c(F)c(C3=CCCN(C(=O)CCn4cccn4)C3)cc(N3CCC(N4CCC(c5ccc(C6CCC(=O)NC6=O)cc5F)CC4)CC3)c2o1. The average molecular weight is 782 g/mol. The number of halogens is 2. The Morgan fingerprint density at radius 1 is 0.982 bits per heavy atom. The van der Waals surface area contributed by atoms with E-state index in [1.54, 1.807) is 29.9 Å². The average Bonchev–Trinajstić information content (AvgIpc) is 3.92. The van der Waals surface area contributed by atoms with E-state index in [0.717, 1.165) is 50.0 Å². The minimum absolute atomic E-state index is 0.0149. The Labute approximate surface area is 330 Å². The summed E-state index contributed by atoms with van der Waals surface area (Å²) in [6.45, 7) is 4.40. The van der Waals surface area contributed by atoms with Gasteiger partial charge in [-0.2, -0.15) is 5.10 Å². The number of anilines is 1. The normalized spacial score (nSPS) is 20.2. The maximum absolute atomic E-state index is 16.5. The molecule has 0 saturated carbocycles. The lowest BCUT2D eigenvalue weighted by atomic mass is 9.85. The Morgan fingerprint density at radius 3 is 2.47 bits per heavy atom. The van der Waals surface area contributed by atoms with Gasteiger partial charge in [-0.25, -0.2) is 8.78 Å². The van der Waals surface area contributed by atoms with Crippen molar-refractivity contribution in [2.24, 2.45) is 0 Å². The second-order valence-corrected chi connectivity index (χ2v) is 16.0. The first-order valence-corrected chi connectivity index (χ1v) is 20.1. The van der Waals surface area contributed by atoms with Gasteiger partial charge in [0.05, 0.1) is 17.0 Å². The van der Waals surface area contributed by atoms with Crippen LogP contribution in [0.3, 0.4) is 0 Å². The van der Waals surface area contributed by atoms with Crippen LogP contribution in [0.2, 0.25) is 0 Å². The number of carbonyl (C=O) groups is 4. The van der Waals surface area contributed by atoms with Crippen molar-refractivity contribution in [3.05, 3.63) is 89.0 Å². The molecule has 3 saturated heterocycles. The van der Waals surface area contributed by atoms with Gasteiger partial charge in [-0.1, -0.05) is 18.2 Å². The van der Waals surface area contributed by atoms with Gasteiger partial charge in [0.2, 0.25) is 17.7 Å². The summed E-state index contributed by atoms with van der Waals surface area (Å²) in [7, 11) is 3.26. The third-order valence-corrected chi connectivity index (χ3v) is 12.3. The summed E-state index contributed by atoms with van der Waals surface area (Å²) in [6, 6.07) is 10.6. The summed E-state index contributed by atoms with van der Waals surface area (Å²) in [6.07, 6.45) is 10.4. The fraction of sp³-hybridized carbons (Fsp3) is 0.465. The number of piperidine rings is 3. The summed E-state index contributed by atoms with van der Waals surface area (Å²) < 4.78 is 39.9. The number of likely N-dealkylation sites (tertiary alicyclic amines) is 1. The van der Waals surface area contributed by atoms with Crippen molar-refractivity contribution >= 4 is 45.9 Å². The smallest absolute Gasteiger partial charge is 0.289 e. The largest absolute Gasteiger partial charge is 0.449 e. The van der Waals surface area contributed by atoms with Gasteiger partial charge in [0, 0.05) is 89.7 Å². The number of carbonyl (C=O) groups excluding carboxylic acids is 4. The van der Waals surface area contributed by atoms with E-state index in [9.17, 15) is 19.2 Å². The highest BCUT2D eigenvalue weighted by atomic mass is 19.1. The summed E-state index contributed by atoms with van der Waals surface area (Å²) >= 11 is 0. The van der Waals surface area contributed by atoms with Gasteiger partial charge >= 0.3 is 0 Å². The van der Waals surface area contributed by atoms with Crippen LogP contribution in [0.15, 0.2) is 59.3 Å². The molecule has 57 heavy (non-hydrogen) atoms. The third-order valence-electron chi connectivity index (χ3n) is 12.3.